The van der Waals surface area contributed by atoms with Gasteiger partial charge < -0.3 is 15.7 Å². The lowest BCUT2D eigenvalue weighted by Gasteiger charge is -2.19. The maximum Gasteiger partial charge on any atom is 0.251 e. The Kier molecular flexibility index (Phi) is 6.36. The van der Waals surface area contributed by atoms with Crippen LogP contribution in [0.15, 0.2) is 18.2 Å². The summed E-state index contributed by atoms with van der Waals surface area (Å²) in [6.45, 7) is 2.71. The number of nitrogens with one attached hydrogen (secondary N) is 2. The summed E-state index contributed by atoms with van der Waals surface area (Å²) in [7, 11) is 0. The Morgan fingerprint density at radius 2 is 2.30 bits per heavy atom. The number of thioether (sulfide) groups is 1. The lowest BCUT2D eigenvalue weighted by molar-refractivity contribution is 0.0955. The second kappa shape index (κ2) is 8.29. The van der Waals surface area contributed by atoms with Crippen LogP contribution in [0.4, 0.5) is 0 Å². The van der Waals surface area contributed by atoms with E-state index in [1.165, 1.54) is 11.1 Å². The van der Waals surface area contributed by atoms with E-state index in [-0.39, 0.29) is 12.5 Å². The monoisotopic (exact) mass is 294 g/mol. The SMILES string of the molecule is O=C(NCCSCCCO)c1cccc2c1CCNC2. The fraction of sp³-hybridized carbons (Fsp3) is 0.533. The first-order valence-electron chi connectivity index (χ1n) is 7.11. The first-order chi connectivity index (χ1) is 9.83. The van der Waals surface area contributed by atoms with Gasteiger partial charge in [0.2, 0.25) is 0 Å². The third-order valence-electron chi connectivity index (χ3n) is 3.36. The molecule has 0 fully saturated rings. The molecule has 1 amide bonds. The summed E-state index contributed by atoms with van der Waals surface area (Å²) in [5, 5.41) is 15.0. The number of carbonyl (C=O) groups excluding carboxylic acids is 1. The van der Waals surface area contributed by atoms with Gasteiger partial charge in [0.15, 0.2) is 0 Å². The number of benzene rings is 1. The summed E-state index contributed by atoms with van der Waals surface area (Å²) in [4.78, 5) is 12.2. The van der Waals surface area contributed by atoms with E-state index in [4.69, 9.17) is 5.11 Å². The van der Waals surface area contributed by atoms with E-state index < -0.39 is 0 Å². The number of amides is 1. The van der Waals surface area contributed by atoms with Crippen LogP contribution in [0.2, 0.25) is 0 Å². The zero-order chi connectivity index (χ0) is 14.2. The van der Waals surface area contributed by atoms with Gasteiger partial charge in [-0.1, -0.05) is 12.1 Å². The standard InChI is InChI=1S/C15H22N2O2S/c18-8-2-9-20-10-7-17-15(19)14-4-1-3-12-11-16-6-5-13(12)14/h1,3-4,16,18H,2,5-11H2,(H,17,19). The van der Waals surface area contributed by atoms with Crippen molar-refractivity contribution in [2.75, 3.05) is 31.2 Å². The van der Waals surface area contributed by atoms with Crippen LogP contribution in [0.5, 0.6) is 0 Å². The quantitative estimate of drug-likeness (QED) is 0.661. The maximum absolute atomic E-state index is 12.2. The molecule has 0 bridgehead atoms. The summed E-state index contributed by atoms with van der Waals surface area (Å²) in [5.74, 6) is 1.87. The molecule has 5 heteroatoms. The normalized spacial score (nSPS) is 13.8. The molecule has 0 aliphatic carbocycles. The predicted molar refractivity (Wildman–Crippen MR) is 83.2 cm³/mol. The fourth-order valence-electron chi connectivity index (χ4n) is 2.35. The van der Waals surface area contributed by atoms with Crippen molar-refractivity contribution >= 4 is 17.7 Å². The molecule has 1 heterocycles. The molecule has 1 aromatic carbocycles. The minimum Gasteiger partial charge on any atom is -0.396 e. The molecule has 0 spiro atoms. The maximum atomic E-state index is 12.2. The second-order valence-corrected chi connectivity index (χ2v) is 6.04. The largest absolute Gasteiger partial charge is 0.396 e. The molecular formula is C15H22N2O2S. The van der Waals surface area contributed by atoms with E-state index in [0.29, 0.717) is 6.54 Å². The zero-order valence-corrected chi connectivity index (χ0v) is 12.5. The smallest absolute Gasteiger partial charge is 0.251 e. The molecule has 0 aromatic heterocycles. The Balaban J connectivity index is 1.83. The van der Waals surface area contributed by atoms with Crippen LogP contribution in [-0.4, -0.2) is 42.2 Å². The predicted octanol–water partition coefficient (Wildman–Crippen LogP) is 1.18. The Labute approximate surface area is 124 Å². The first-order valence-corrected chi connectivity index (χ1v) is 8.26. The van der Waals surface area contributed by atoms with Crippen molar-refractivity contribution in [1.29, 1.82) is 0 Å². The van der Waals surface area contributed by atoms with Gasteiger partial charge >= 0.3 is 0 Å². The number of aliphatic hydroxyl groups is 1. The third-order valence-corrected chi connectivity index (χ3v) is 4.43. The Morgan fingerprint density at radius 1 is 1.40 bits per heavy atom. The van der Waals surface area contributed by atoms with Crippen LogP contribution in [0.1, 0.15) is 27.9 Å². The first kappa shape index (κ1) is 15.4. The highest BCUT2D eigenvalue weighted by atomic mass is 32.2. The third kappa shape index (κ3) is 4.23. The minimum atomic E-state index is 0.0338. The Hall–Kier alpha value is -1.04. The number of hydrogen-bond acceptors (Lipinski definition) is 4. The van der Waals surface area contributed by atoms with Gasteiger partial charge in [-0.3, -0.25) is 4.79 Å². The Bertz CT molecular complexity index is 451. The van der Waals surface area contributed by atoms with E-state index in [2.05, 4.69) is 16.7 Å². The van der Waals surface area contributed by atoms with E-state index in [0.717, 1.165) is 43.0 Å². The number of hydrogen-bond donors (Lipinski definition) is 3. The zero-order valence-electron chi connectivity index (χ0n) is 11.7. The average molecular weight is 294 g/mol. The van der Waals surface area contributed by atoms with Crippen molar-refractivity contribution in [3.05, 3.63) is 34.9 Å². The van der Waals surface area contributed by atoms with Gasteiger partial charge in [-0.15, -0.1) is 0 Å². The highest BCUT2D eigenvalue weighted by molar-refractivity contribution is 7.99. The van der Waals surface area contributed by atoms with E-state index in [1.54, 1.807) is 11.8 Å². The Morgan fingerprint density at radius 3 is 3.15 bits per heavy atom. The van der Waals surface area contributed by atoms with Crippen LogP contribution >= 0.6 is 11.8 Å². The molecule has 20 heavy (non-hydrogen) atoms. The fourth-order valence-corrected chi connectivity index (χ4v) is 3.13. The van der Waals surface area contributed by atoms with E-state index >= 15 is 0 Å². The van der Waals surface area contributed by atoms with Crippen molar-refractivity contribution in [3.63, 3.8) is 0 Å². The van der Waals surface area contributed by atoms with Crippen molar-refractivity contribution in [2.45, 2.75) is 19.4 Å². The highest BCUT2D eigenvalue weighted by Crippen LogP contribution is 2.18. The van der Waals surface area contributed by atoms with Crippen LogP contribution in [0.25, 0.3) is 0 Å². The lowest BCUT2D eigenvalue weighted by atomic mass is 9.95. The number of carbonyl (C=O) groups is 1. The van der Waals surface area contributed by atoms with Crippen molar-refractivity contribution in [3.8, 4) is 0 Å². The number of fused-ring (bicyclic) bond motifs is 1. The van der Waals surface area contributed by atoms with Gasteiger partial charge in [-0.25, -0.2) is 0 Å². The topological polar surface area (TPSA) is 61.4 Å². The van der Waals surface area contributed by atoms with Crippen LogP contribution in [0.3, 0.4) is 0 Å². The molecular weight excluding hydrogens is 272 g/mol. The summed E-state index contributed by atoms with van der Waals surface area (Å²) in [6.07, 6.45) is 1.74. The second-order valence-electron chi connectivity index (χ2n) is 4.82. The van der Waals surface area contributed by atoms with Crippen molar-refractivity contribution in [2.24, 2.45) is 0 Å². The summed E-state index contributed by atoms with van der Waals surface area (Å²) >= 11 is 1.76. The molecule has 110 valence electrons. The van der Waals surface area contributed by atoms with Crippen molar-refractivity contribution < 1.29 is 9.90 Å². The molecule has 2 rings (SSSR count). The van der Waals surface area contributed by atoms with Crippen molar-refractivity contribution in [1.82, 2.24) is 10.6 Å². The summed E-state index contributed by atoms with van der Waals surface area (Å²) < 4.78 is 0. The molecule has 0 unspecified atom stereocenters. The lowest BCUT2D eigenvalue weighted by Crippen LogP contribution is -2.30. The van der Waals surface area contributed by atoms with Gasteiger partial charge in [0, 0.05) is 31.0 Å². The van der Waals surface area contributed by atoms with Gasteiger partial charge in [0.25, 0.3) is 5.91 Å². The van der Waals surface area contributed by atoms with Gasteiger partial charge in [-0.2, -0.15) is 11.8 Å². The molecule has 0 radical (unpaired) electrons. The molecule has 1 aliphatic rings. The summed E-state index contributed by atoms with van der Waals surface area (Å²) in [5.41, 5.74) is 3.25. The molecule has 0 saturated carbocycles. The van der Waals surface area contributed by atoms with Crippen LogP contribution < -0.4 is 10.6 Å². The molecule has 1 aliphatic heterocycles. The molecule has 0 atom stereocenters. The summed E-state index contributed by atoms with van der Waals surface area (Å²) in [6, 6.07) is 5.96. The van der Waals surface area contributed by atoms with Crippen LogP contribution in [-0.2, 0) is 13.0 Å². The average Bonchev–Trinajstić information content (AvgIpc) is 2.50. The van der Waals surface area contributed by atoms with Gasteiger partial charge in [0.05, 0.1) is 0 Å². The number of aliphatic hydroxyl groups excluding tert-OH is 1. The molecule has 4 nitrogen and oxygen atoms in total. The molecule has 1 aromatic rings. The molecule has 0 saturated heterocycles. The van der Waals surface area contributed by atoms with Gasteiger partial charge in [-0.05, 0) is 42.3 Å². The highest BCUT2D eigenvalue weighted by Gasteiger charge is 2.16. The van der Waals surface area contributed by atoms with E-state index in [9.17, 15) is 4.79 Å². The van der Waals surface area contributed by atoms with Gasteiger partial charge in [0.1, 0.15) is 0 Å². The number of rotatable bonds is 7. The van der Waals surface area contributed by atoms with Crippen LogP contribution in [0, 0.1) is 0 Å². The van der Waals surface area contributed by atoms with E-state index in [1.807, 2.05) is 12.1 Å². The molecule has 3 N–H and O–H groups in total. The minimum absolute atomic E-state index is 0.0338.